The zero-order chi connectivity index (χ0) is 12.0. The standard InChI is InChI=1S/C12H18BrClN2/c1-3-15-6-7-16(2)9-10-4-5-12(14)11(13)8-10/h4-5,8,15H,3,6-7,9H2,1-2H3. The summed E-state index contributed by atoms with van der Waals surface area (Å²) in [5.41, 5.74) is 1.27. The van der Waals surface area contributed by atoms with Crippen LogP contribution in [0.15, 0.2) is 22.7 Å². The van der Waals surface area contributed by atoms with Gasteiger partial charge >= 0.3 is 0 Å². The van der Waals surface area contributed by atoms with Gasteiger partial charge in [-0.05, 0) is 47.2 Å². The molecule has 0 aromatic heterocycles. The highest BCUT2D eigenvalue weighted by atomic mass is 79.9. The fourth-order valence-electron chi connectivity index (χ4n) is 1.48. The summed E-state index contributed by atoms with van der Waals surface area (Å²) in [7, 11) is 2.12. The molecule has 2 nitrogen and oxygen atoms in total. The van der Waals surface area contributed by atoms with E-state index < -0.39 is 0 Å². The number of benzene rings is 1. The third-order valence-corrected chi connectivity index (χ3v) is 3.57. The maximum absolute atomic E-state index is 5.95. The number of likely N-dealkylation sites (N-methyl/N-ethyl adjacent to an activating group) is 2. The van der Waals surface area contributed by atoms with Gasteiger partial charge in [-0.1, -0.05) is 24.6 Å². The van der Waals surface area contributed by atoms with Crippen molar-refractivity contribution in [1.29, 1.82) is 0 Å². The van der Waals surface area contributed by atoms with Crippen molar-refractivity contribution in [3.63, 3.8) is 0 Å². The highest BCUT2D eigenvalue weighted by Gasteiger charge is 2.02. The minimum atomic E-state index is 0.763. The fraction of sp³-hybridized carbons (Fsp3) is 0.500. The zero-order valence-corrected chi connectivity index (χ0v) is 12.1. The molecule has 90 valence electrons. The van der Waals surface area contributed by atoms with E-state index in [9.17, 15) is 0 Å². The van der Waals surface area contributed by atoms with Crippen LogP contribution in [0.2, 0.25) is 5.02 Å². The highest BCUT2D eigenvalue weighted by molar-refractivity contribution is 9.10. The van der Waals surface area contributed by atoms with Crippen LogP contribution in [0.1, 0.15) is 12.5 Å². The Morgan fingerprint density at radius 3 is 2.81 bits per heavy atom. The van der Waals surface area contributed by atoms with E-state index in [0.29, 0.717) is 0 Å². The van der Waals surface area contributed by atoms with Gasteiger partial charge in [-0.25, -0.2) is 0 Å². The summed E-state index contributed by atoms with van der Waals surface area (Å²) in [6.45, 7) is 6.17. The predicted molar refractivity (Wildman–Crippen MR) is 74.0 cm³/mol. The Hall–Kier alpha value is -0.0900. The Balaban J connectivity index is 2.43. The molecule has 0 spiro atoms. The Morgan fingerprint density at radius 2 is 2.19 bits per heavy atom. The minimum Gasteiger partial charge on any atom is -0.316 e. The summed E-state index contributed by atoms with van der Waals surface area (Å²) < 4.78 is 0.965. The minimum absolute atomic E-state index is 0.763. The molecule has 0 atom stereocenters. The van der Waals surface area contributed by atoms with E-state index in [4.69, 9.17) is 11.6 Å². The first-order valence-electron chi connectivity index (χ1n) is 5.46. The number of halogens is 2. The quantitative estimate of drug-likeness (QED) is 0.812. The molecule has 0 aliphatic heterocycles. The molecule has 0 radical (unpaired) electrons. The molecule has 16 heavy (non-hydrogen) atoms. The summed E-state index contributed by atoms with van der Waals surface area (Å²) in [5, 5.41) is 4.08. The average Bonchev–Trinajstić information content (AvgIpc) is 2.24. The molecule has 0 heterocycles. The molecule has 0 unspecified atom stereocenters. The fourth-order valence-corrected chi connectivity index (χ4v) is 2.02. The molecule has 0 aliphatic rings. The van der Waals surface area contributed by atoms with Crippen LogP contribution in [0.5, 0.6) is 0 Å². The van der Waals surface area contributed by atoms with Crippen molar-refractivity contribution >= 4 is 27.5 Å². The van der Waals surface area contributed by atoms with E-state index in [2.05, 4.69) is 52.3 Å². The lowest BCUT2D eigenvalue weighted by Gasteiger charge is -2.17. The molecule has 0 saturated heterocycles. The SMILES string of the molecule is CCNCCN(C)Cc1ccc(Cl)c(Br)c1. The van der Waals surface area contributed by atoms with Crippen molar-refractivity contribution in [2.24, 2.45) is 0 Å². The van der Waals surface area contributed by atoms with Gasteiger partial charge < -0.3 is 10.2 Å². The molecule has 4 heteroatoms. The monoisotopic (exact) mass is 304 g/mol. The maximum Gasteiger partial charge on any atom is 0.0548 e. The summed E-state index contributed by atoms with van der Waals surface area (Å²) in [5.74, 6) is 0. The Kier molecular flexibility index (Phi) is 6.36. The van der Waals surface area contributed by atoms with Crippen molar-refractivity contribution in [3.05, 3.63) is 33.3 Å². The summed E-state index contributed by atoms with van der Waals surface area (Å²) >= 11 is 9.39. The van der Waals surface area contributed by atoms with Crippen LogP contribution in [0.25, 0.3) is 0 Å². The first-order chi connectivity index (χ1) is 7.63. The smallest absolute Gasteiger partial charge is 0.0548 e. The number of nitrogens with zero attached hydrogens (tertiary/aromatic N) is 1. The van der Waals surface area contributed by atoms with Crippen LogP contribution >= 0.6 is 27.5 Å². The third kappa shape index (κ3) is 4.83. The van der Waals surface area contributed by atoms with E-state index >= 15 is 0 Å². The number of hydrogen-bond donors (Lipinski definition) is 1. The lowest BCUT2D eigenvalue weighted by atomic mass is 10.2. The Labute approximate surface area is 111 Å². The van der Waals surface area contributed by atoms with Crippen molar-refractivity contribution in [2.75, 3.05) is 26.7 Å². The summed E-state index contributed by atoms with van der Waals surface area (Å²) in [6.07, 6.45) is 0. The number of nitrogens with one attached hydrogen (secondary N) is 1. The summed E-state index contributed by atoms with van der Waals surface area (Å²) in [4.78, 5) is 2.29. The summed E-state index contributed by atoms with van der Waals surface area (Å²) in [6, 6.07) is 6.07. The largest absolute Gasteiger partial charge is 0.316 e. The molecular weight excluding hydrogens is 288 g/mol. The van der Waals surface area contributed by atoms with Crippen LogP contribution in [0, 0.1) is 0 Å². The van der Waals surface area contributed by atoms with Gasteiger partial charge in [-0.2, -0.15) is 0 Å². The zero-order valence-electron chi connectivity index (χ0n) is 9.76. The molecule has 1 rings (SSSR count). The first kappa shape index (κ1) is 14.0. The Morgan fingerprint density at radius 1 is 1.44 bits per heavy atom. The van der Waals surface area contributed by atoms with Gasteiger partial charge in [0, 0.05) is 24.1 Å². The molecule has 1 aromatic rings. The number of hydrogen-bond acceptors (Lipinski definition) is 2. The van der Waals surface area contributed by atoms with Gasteiger partial charge in [0.1, 0.15) is 0 Å². The molecule has 0 amide bonds. The van der Waals surface area contributed by atoms with Gasteiger partial charge in [0.05, 0.1) is 5.02 Å². The van der Waals surface area contributed by atoms with E-state index in [1.54, 1.807) is 0 Å². The topological polar surface area (TPSA) is 15.3 Å². The van der Waals surface area contributed by atoms with Crippen LogP contribution in [0.4, 0.5) is 0 Å². The number of rotatable bonds is 6. The van der Waals surface area contributed by atoms with E-state index in [-0.39, 0.29) is 0 Å². The second-order valence-corrected chi connectivity index (χ2v) is 5.10. The van der Waals surface area contributed by atoms with E-state index in [1.807, 2.05) is 6.07 Å². The van der Waals surface area contributed by atoms with Crippen LogP contribution in [-0.2, 0) is 6.54 Å². The van der Waals surface area contributed by atoms with Crippen LogP contribution in [0.3, 0.4) is 0 Å². The highest BCUT2D eigenvalue weighted by Crippen LogP contribution is 2.23. The van der Waals surface area contributed by atoms with Crippen LogP contribution < -0.4 is 5.32 Å². The van der Waals surface area contributed by atoms with Gasteiger partial charge in [0.15, 0.2) is 0 Å². The van der Waals surface area contributed by atoms with E-state index in [1.165, 1.54) is 5.56 Å². The predicted octanol–water partition coefficient (Wildman–Crippen LogP) is 3.14. The molecule has 0 saturated carbocycles. The molecular formula is C12H18BrClN2. The third-order valence-electron chi connectivity index (χ3n) is 2.36. The first-order valence-corrected chi connectivity index (χ1v) is 6.63. The van der Waals surface area contributed by atoms with Crippen molar-refractivity contribution in [2.45, 2.75) is 13.5 Å². The van der Waals surface area contributed by atoms with Crippen LogP contribution in [-0.4, -0.2) is 31.6 Å². The second kappa shape index (κ2) is 7.28. The van der Waals surface area contributed by atoms with Crippen molar-refractivity contribution in [1.82, 2.24) is 10.2 Å². The van der Waals surface area contributed by atoms with Gasteiger partial charge in [-0.15, -0.1) is 0 Å². The molecule has 0 bridgehead atoms. The van der Waals surface area contributed by atoms with Crippen molar-refractivity contribution in [3.8, 4) is 0 Å². The Bertz CT molecular complexity index is 331. The second-order valence-electron chi connectivity index (χ2n) is 3.84. The average molecular weight is 306 g/mol. The van der Waals surface area contributed by atoms with E-state index in [0.717, 1.165) is 35.7 Å². The van der Waals surface area contributed by atoms with Gasteiger partial charge in [-0.3, -0.25) is 0 Å². The lowest BCUT2D eigenvalue weighted by Crippen LogP contribution is -2.28. The molecule has 0 aliphatic carbocycles. The maximum atomic E-state index is 5.95. The van der Waals surface area contributed by atoms with Gasteiger partial charge in [0.2, 0.25) is 0 Å². The normalized spacial score (nSPS) is 11.1. The molecule has 1 N–H and O–H groups in total. The lowest BCUT2D eigenvalue weighted by molar-refractivity contribution is 0.325. The van der Waals surface area contributed by atoms with Crippen molar-refractivity contribution < 1.29 is 0 Å². The molecule has 0 fully saturated rings. The van der Waals surface area contributed by atoms with Gasteiger partial charge in [0.25, 0.3) is 0 Å². The molecule has 1 aromatic carbocycles.